The highest BCUT2D eigenvalue weighted by Crippen LogP contribution is 2.35. The Balaban J connectivity index is 2.04. The molecule has 10 nitrogen and oxygen atoms in total. The second-order valence-electron chi connectivity index (χ2n) is 5.48. The van der Waals surface area contributed by atoms with Crippen molar-refractivity contribution in [3.63, 3.8) is 0 Å². The Labute approximate surface area is 136 Å². The van der Waals surface area contributed by atoms with Crippen LogP contribution in [0.5, 0.6) is 17.2 Å². The average molecular weight is 345 g/mol. The van der Waals surface area contributed by atoms with E-state index in [0.717, 1.165) is 12.1 Å². The Hall–Kier alpha value is -2.11. The van der Waals surface area contributed by atoms with E-state index in [0.29, 0.717) is 0 Å². The van der Waals surface area contributed by atoms with Crippen molar-refractivity contribution in [3.05, 3.63) is 17.7 Å². The van der Waals surface area contributed by atoms with Gasteiger partial charge in [0.1, 0.15) is 24.4 Å². The summed E-state index contributed by atoms with van der Waals surface area (Å²) in [6, 6.07) is 2.14. The van der Waals surface area contributed by atoms with Gasteiger partial charge in [0.15, 0.2) is 23.5 Å². The molecule has 5 atom stereocenters. The molecule has 0 bridgehead atoms. The summed E-state index contributed by atoms with van der Waals surface area (Å²) in [6.07, 6.45) is -7.64. The van der Waals surface area contributed by atoms with Crippen molar-refractivity contribution in [2.24, 2.45) is 0 Å². The van der Waals surface area contributed by atoms with Gasteiger partial charge in [-0.3, -0.25) is 4.79 Å². The van der Waals surface area contributed by atoms with Crippen LogP contribution in [0, 0.1) is 0 Å². The zero-order chi connectivity index (χ0) is 18.0. The number of carbonyl (C=O) groups is 1. The van der Waals surface area contributed by atoms with Crippen molar-refractivity contribution in [1.29, 1.82) is 0 Å². The number of phenols is 3. The van der Waals surface area contributed by atoms with Crippen LogP contribution >= 0.6 is 0 Å². The van der Waals surface area contributed by atoms with E-state index in [1.54, 1.807) is 0 Å². The van der Waals surface area contributed by atoms with Gasteiger partial charge in [0, 0.05) is 0 Å². The van der Waals surface area contributed by atoms with Crippen LogP contribution in [-0.4, -0.2) is 78.9 Å². The van der Waals surface area contributed by atoms with E-state index in [4.69, 9.17) is 9.84 Å². The number of rotatable bonds is 4. The summed E-state index contributed by atoms with van der Waals surface area (Å²) in [4.78, 5) is 12.0. The quantitative estimate of drug-likeness (QED) is 0.269. The smallest absolute Gasteiger partial charge is 0.226 e. The lowest BCUT2D eigenvalue weighted by Gasteiger charge is -2.40. The molecule has 0 aliphatic carbocycles. The predicted octanol–water partition coefficient (Wildman–Crippen LogP) is -2.74. The van der Waals surface area contributed by atoms with Gasteiger partial charge < -0.3 is 45.8 Å². The Morgan fingerprint density at radius 1 is 1.04 bits per heavy atom. The van der Waals surface area contributed by atoms with Gasteiger partial charge in [-0.15, -0.1) is 0 Å². The van der Waals surface area contributed by atoms with Crippen LogP contribution in [0.15, 0.2) is 12.1 Å². The number of hydrogen-bond acceptors (Lipinski definition) is 9. The second-order valence-corrected chi connectivity index (χ2v) is 5.48. The first kappa shape index (κ1) is 18.2. The van der Waals surface area contributed by atoms with Crippen LogP contribution in [-0.2, 0) is 16.0 Å². The van der Waals surface area contributed by atoms with Gasteiger partial charge >= 0.3 is 0 Å². The molecule has 134 valence electrons. The molecule has 0 spiro atoms. The third kappa shape index (κ3) is 3.68. The molecule has 1 heterocycles. The molecule has 0 radical (unpaired) electrons. The van der Waals surface area contributed by atoms with Gasteiger partial charge in [-0.2, -0.15) is 0 Å². The molecule has 8 N–H and O–H groups in total. The predicted molar refractivity (Wildman–Crippen MR) is 77.1 cm³/mol. The zero-order valence-corrected chi connectivity index (χ0v) is 12.4. The van der Waals surface area contributed by atoms with Crippen LogP contribution in [0.4, 0.5) is 0 Å². The third-order valence-corrected chi connectivity index (χ3v) is 3.69. The summed E-state index contributed by atoms with van der Waals surface area (Å²) in [6.45, 7) is -0.628. The summed E-state index contributed by atoms with van der Waals surface area (Å²) < 4.78 is 5.12. The van der Waals surface area contributed by atoms with E-state index in [-0.39, 0.29) is 12.0 Å². The highest BCUT2D eigenvalue weighted by atomic mass is 16.6. The molecule has 24 heavy (non-hydrogen) atoms. The fourth-order valence-electron chi connectivity index (χ4n) is 2.38. The minimum Gasteiger partial charge on any atom is -0.504 e. The number of benzene rings is 1. The number of carbonyl (C=O) groups excluding carboxylic acids is 1. The number of aliphatic hydroxyl groups excluding tert-OH is 4. The molecule has 1 aliphatic rings. The Morgan fingerprint density at radius 3 is 2.17 bits per heavy atom. The maximum atomic E-state index is 12.0. The number of nitrogens with one attached hydrogen (secondary N) is 1. The van der Waals surface area contributed by atoms with E-state index in [2.05, 4.69) is 5.32 Å². The summed E-state index contributed by atoms with van der Waals surface area (Å²) in [5, 5.41) is 68.5. The molecule has 10 heteroatoms. The maximum absolute atomic E-state index is 12.0. The van der Waals surface area contributed by atoms with Crippen molar-refractivity contribution in [1.82, 2.24) is 5.32 Å². The summed E-state index contributed by atoms with van der Waals surface area (Å²) in [7, 11) is 0. The average Bonchev–Trinajstić information content (AvgIpc) is 2.53. The Kier molecular flexibility index (Phi) is 5.47. The van der Waals surface area contributed by atoms with Gasteiger partial charge in [-0.25, -0.2) is 0 Å². The molecule has 3 unspecified atom stereocenters. The molecular formula is C14H19NO9. The minimum absolute atomic E-state index is 0.171. The molecule has 1 saturated heterocycles. The van der Waals surface area contributed by atoms with Gasteiger partial charge in [0.25, 0.3) is 0 Å². The molecular weight excluding hydrogens is 326 g/mol. The van der Waals surface area contributed by atoms with Gasteiger partial charge in [0.2, 0.25) is 5.91 Å². The molecule has 1 aromatic rings. The molecule has 1 aliphatic heterocycles. The van der Waals surface area contributed by atoms with Gasteiger partial charge in [-0.05, 0) is 17.7 Å². The first-order valence-electron chi connectivity index (χ1n) is 7.08. The summed E-state index contributed by atoms with van der Waals surface area (Å²) in [5.41, 5.74) is 0.171. The van der Waals surface area contributed by atoms with Gasteiger partial charge in [-0.1, -0.05) is 0 Å². The lowest BCUT2D eigenvalue weighted by atomic mass is 9.98. The first-order valence-corrected chi connectivity index (χ1v) is 7.08. The van der Waals surface area contributed by atoms with E-state index in [9.17, 15) is 35.4 Å². The molecule has 2 rings (SSSR count). The Bertz CT molecular complexity index is 583. The Morgan fingerprint density at radius 2 is 1.62 bits per heavy atom. The third-order valence-electron chi connectivity index (χ3n) is 3.69. The van der Waals surface area contributed by atoms with Crippen molar-refractivity contribution in [2.75, 3.05) is 6.61 Å². The van der Waals surface area contributed by atoms with Crippen LogP contribution in [0.1, 0.15) is 5.56 Å². The van der Waals surface area contributed by atoms with E-state index in [1.807, 2.05) is 0 Å². The van der Waals surface area contributed by atoms with Crippen LogP contribution in [0.25, 0.3) is 0 Å². The highest BCUT2D eigenvalue weighted by molar-refractivity contribution is 5.79. The molecule has 1 fully saturated rings. The minimum atomic E-state index is -1.62. The molecule has 1 aromatic carbocycles. The largest absolute Gasteiger partial charge is 0.504 e. The molecule has 0 aromatic heterocycles. The number of ether oxygens (including phenoxy) is 1. The SMILES string of the molecule is O=C(Cc1cc(O)c(O)c(O)c1)N[C@@H]1OC(CO)[C@@H](O)C(O)C1O. The van der Waals surface area contributed by atoms with Crippen molar-refractivity contribution < 1.29 is 45.3 Å². The normalized spacial score (nSPS) is 30.1. The summed E-state index contributed by atoms with van der Waals surface area (Å²) >= 11 is 0. The van der Waals surface area contributed by atoms with Crippen LogP contribution in [0.3, 0.4) is 0 Å². The van der Waals surface area contributed by atoms with Crippen LogP contribution in [0.2, 0.25) is 0 Å². The standard InChI is InChI=1S/C14H19NO9/c16-4-8-11(21)12(22)13(23)14(24-8)15-9(19)3-5-1-6(17)10(20)7(18)2-5/h1-2,8,11-14,16-18,20-23H,3-4H2,(H,15,19)/t8?,11-,12?,13?,14-/m1/s1. The second kappa shape index (κ2) is 7.20. The van der Waals surface area contributed by atoms with Crippen molar-refractivity contribution in [2.45, 2.75) is 37.1 Å². The number of amides is 1. The number of phenolic OH excluding ortho intramolecular Hbond substituents is 3. The van der Waals surface area contributed by atoms with E-state index < -0.39 is 60.4 Å². The van der Waals surface area contributed by atoms with Crippen molar-refractivity contribution in [3.8, 4) is 17.2 Å². The fourth-order valence-corrected chi connectivity index (χ4v) is 2.38. The highest BCUT2D eigenvalue weighted by Gasteiger charge is 2.43. The zero-order valence-electron chi connectivity index (χ0n) is 12.4. The topological polar surface area (TPSA) is 180 Å². The molecule has 1 amide bonds. The van der Waals surface area contributed by atoms with Crippen molar-refractivity contribution >= 4 is 5.91 Å². The van der Waals surface area contributed by atoms with E-state index >= 15 is 0 Å². The maximum Gasteiger partial charge on any atom is 0.226 e. The number of aliphatic hydroxyl groups is 4. The van der Waals surface area contributed by atoms with Crippen LogP contribution < -0.4 is 5.32 Å². The number of hydrogen-bond donors (Lipinski definition) is 8. The van der Waals surface area contributed by atoms with E-state index in [1.165, 1.54) is 0 Å². The fraction of sp³-hybridized carbons (Fsp3) is 0.500. The lowest BCUT2D eigenvalue weighted by molar-refractivity contribution is -0.235. The monoisotopic (exact) mass is 345 g/mol. The van der Waals surface area contributed by atoms with Gasteiger partial charge in [0.05, 0.1) is 13.0 Å². The lowest BCUT2D eigenvalue weighted by Crippen LogP contribution is -2.63. The number of aromatic hydroxyl groups is 3. The molecule has 0 saturated carbocycles. The first-order chi connectivity index (χ1) is 11.2. The summed E-state index contributed by atoms with van der Waals surface area (Å²) in [5.74, 6) is -2.62.